The number of carbonyl (C=O) groups excluding carboxylic acids is 2. The number of nitrogens with zero attached hydrogens (tertiary/aromatic N) is 1. The molecule has 1 aromatic carbocycles. The first-order chi connectivity index (χ1) is 10.3. The van der Waals surface area contributed by atoms with E-state index in [4.69, 9.17) is 5.26 Å². The van der Waals surface area contributed by atoms with Crippen LogP contribution < -0.4 is 5.32 Å². The van der Waals surface area contributed by atoms with Gasteiger partial charge in [0.15, 0.2) is 11.7 Å². The third-order valence-corrected chi connectivity index (χ3v) is 3.62. The summed E-state index contributed by atoms with van der Waals surface area (Å²) in [7, 11) is 0. The minimum Gasteiger partial charge on any atom is -0.352 e. The highest BCUT2D eigenvalue weighted by molar-refractivity contribution is 6.06. The monoisotopic (exact) mass is 306 g/mol. The SMILES string of the molecule is CC(C)NC(=O)[C@H](C#N)C(=O)[C@@H]1C[C@H]1c1ccc(F)cc1F. The first-order valence-electron chi connectivity index (χ1n) is 7.03. The Morgan fingerprint density at radius 3 is 2.59 bits per heavy atom. The van der Waals surface area contributed by atoms with Crippen molar-refractivity contribution in [2.45, 2.75) is 32.2 Å². The van der Waals surface area contributed by atoms with Crippen molar-refractivity contribution in [1.29, 1.82) is 5.26 Å². The zero-order valence-corrected chi connectivity index (χ0v) is 12.3. The van der Waals surface area contributed by atoms with Gasteiger partial charge >= 0.3 is 0 Å². The number of halogens is 2. The molecule has 0 unspecified atom stereocenters. The third kappa shape index (κ3) is 3.30. The van der Waals surface area contributed by atoms with E-state index in [1.54, 1.807) is 19.9 Å². The fraction of sp³-hybridized carbons (Fsp3) is 0.438. The molecule has 0 saturated heterocycles. The molecule has 0 spiro atoms. The smallest absolute Gasteiger partial charge is 0.245 e. The van der Waals surface area contributed by atoms with Crippen molar-refractivity contribution in [3.63, 3.8) is 0 Å². The number of benzene rings is 1. The van der Waals surface area contributed by atoms with Crippen molar-refractivity contribution in [2.75, 3.05) is 0 Å². The van der Waals surface area contributed by atoms with E-state index in [0.717, 1.165) is 12.1 Å². The predicted molar refractivity (Wildman–Crippen MR) is 74.6 cm³/mol. The van der Waals surface area contributed by atoms with E-state index in [9.17, 15) is 18.4 Å². The van der Waals surface area contributed by atoms with E-state index in [2.05, 4.69) is 5.32 Å². The largest absolute Gasteiger partial charge is 0.352 e. The van der Waals surface area contributed by atoms with Gasteiger partial charge in [-0.3, -0.25) is 9.59 Å². The maximum Gasteiger partial charge on any atom is 0.245 e. The van der Waals surface area contributed by atoms with Crippen LogP contribution >= 0.6 is 0 Å². The number of carbonyl (C=O) groups is 2. The number of ketones is 1. The highest BCUT2D eigenvalue weighted by Crippen LogP contribution is 2.49. The molecule has 1 N–H and O–H groups in total. The van der Waals surface area contributed by atoms with Crippen LogP contribution in [0.2, 0.25) is 0 Å². The number of hydrogen-bond acceptors (Lipinski definition) is 3. The molecular formula is C16H16F2N2O2. The average Bonchev–Trinajstić information content (AvgIpc) is 3.18. The molecule has 4 nitrogen and oxygen atoms in total. The van der Waals surface area contributed by atoms with Gasteiger partial charge in [-0.2, -0.15) is 5.26 Å². The molecule has 22 heavy (non-hydrogen) atoms. The summed E-state index contributed by atoms with van der Waals surface area (Å²) in [6.07, 6.45) is 0.370. The summed E-state index contributed by atoms with van der Waals surface area (Å²) in [6, 6.07) is 4.73. The lowest BCUT2D eigenvalue weighted by Gasteiger charge is -2.12. The van der Waals surface area contributed by atoms with Gasteiger partial charge in [-0.25, -0.2) is 8.78 Å². The number of hydrogen-bond donors (Lipinski definition) is 1. The van der Waals surface area contributed by atoms with Crippen LogP contribution in [0.25, 0.3) is 0 Å². The van der Waals surface area contributed by atoms with Crippen LogP contribution in [0, 0.1) is 34.8 Å². The lowest BCUT2D eigenvalue weighted by Crippen LogP contribution is -2.39. The van der Waals surface area contributed by atoms with E-state index in [1.807, 2.05) is 0 Å². The third-order valence-electron chi connectivity index (χ3n) is 3.62. The molecule has 0 bridgehead atoms. The van der Waals surface area contributed by atoms with Gasteiger partial charge in [0, 0.05) is 18.0 Å². The lowest BCUT2D eigenvalue weighted by atomic mass is 9.97. The maximum atomic E-state index is 13.7. The fourth-order valence-corrected chi connectivity index (χ4v) is 2.49. The number of amides is 1. The molecule has 0 aliphatic heterocycles. The Balaban J connectivity index is 2.09. The summed E-state index contributed by atoms with van der Waals surface area (Å²) in [5, 5.41) is 11.6. The van der Waals surface area contributed by atoms with Gasteiger partial charge < -0.3 is 5.32 Å². The van der Waals surface area contributed by atoms with Gasteiger partial charge in [-0.1, -0.05) is 6.07 Å². The van der Waals surface area contributed by atoms with Crippen molar-refractivity contribution >= 4 is 11.7 Å². The van der Waals surface area contributed by atoms with Gasteiger partial charge in [0.05, 0.1) is 6.07 Å². The van der Waals surface area contributed by atoms with Crippen LogP contribution in [0.4, 0.5) is 8.78 Å². The zero-order chi connectivity index (χ0) is 16.4. The highest BCUT2D eigenvalue weighted by Gasteiger charge is 2.48. The van der Waals surface area contributed by atoms with Gasteiger partial charge in [-0.15, -0.1) is 0 Å². The van der Waals surface area contributed by atoms with Gasteiger partial charge in [-0.05, 0) is 37.8 Å². The minimum absolute atomic E-state index is 0.180. The molecule has 0 heterocycles. The first-order valence-corrected chi connectivity index (χ1v) is 7.03. The molecule has 1 fully saturated rings. The molecule has 1 aromatic rings. The number of Topliss-reactive ketones (excluding diaryl/α,β-unsaturated/α-hetero) is 1. The standard InChI is InChI=1S/C16H16F2N2O2/c1-8(2)20-16(22)13(7-19)15(21)12-6-11(12)10-4-3-9(17)5-14(10)18/h3-5,8,11-13H,6H2,1-2H3,(H,20,22)/t11-,12+,13+/m0/s1. The van der Waals surface area contributed by atoms with Crippen molar-refractivity contribution in [3.05, 3.63) is 35.4 Å². The Morgan fingerprint density at radius 1 is 1.36 bits per heavy atom. The second-order valence-electron chi connectivity index (χ2n) is 5.74. The predicted octanol–water partition coefficient (Wildman–Crippen LogP) is 2.30. The van der Waals surface area contributed by atoms with Gasteiger partial charge in [0.1, 0.15) is 11.6 Å². The van der Waals surface area contributed by atoms with E-state index < -0.39 is 41.1 Å². The van der Waals surface area contributed by atoms with Crippen LogP contribution in [0.15, 0.2) is 18.2 Å². The summed E-state index contributed by atoms with van der Waals surface area (Å²) in [5.74, 6) is -4.88. The summed E-state index contributed by atoms with van der Waals surface area (Å²) < 4.78 is 26.6. The Bertz CT molecular complexity index is 652. The van der Waals surface area contributed by atoms with Crippen molar-refractivity contribution in [3.8, 4) is 6.07 Å². The average molecular weight is 306 g/mol. The molecule has 0 radical (unpaired) electrons. The molecule has 6 heteroatoms. The molecule has 3 atom stereocenters. The van der Waals surface area contributed by atoms with E-state index in [-0.39, 0.29) is 11.6 Å². The van der Waals surface area contributed by atoms with E-state index in [1.165, 1.54) is 6.07 Å². The molecule has 1 aliphatic rings. The van der Waals surface area contributed by atoms with Crippen molar-refractivity contribution in [2.24, 2.45) is 11.8 Å². The van der Waals surface area contributed by atoms with E-state index >= 15 is 0 Å². The number of nitrogens with one attached hydrogen (secondary N) is 1. The second kappa shape index (κ2) is 6.22. The fourth-order valence-electron chi connectivity index (χ4n) is 2.49. The van der Waals surface area contributed by atoms with E-state index in [0.29, 0.717) is 6.42 Å². The van der Waals surface area contributed by atoms with Crippen LogP contribution in [0.3, 0.4) is 0 Å². The lowest BCUT2D eigenvalue weighted by molar-refractivity contribution is -0.132. The quantitative estimate of drug-likeness (QED) is 0.849. The maximum absolute atomic E-state index is 13.7. The molecule has 116 valence electrons. The summed E-state index contributed by atoms with van der Waals surface area (Å²) >= 11 is 0. The summed E-state index contributed by atoms with van der Waals surface area (Å²) in [6.45, 7) is 3.45. The topological polar surface area (TPSA) is 70.0 Å². The van der Waals surface area contributed by atoms with Crippen molar-refractivity contribution < 1.29 is 18.4 Å². The molecule has 1 aliphatic carbocycles. The minimum atomic E-state index is -1.39. The van der Waals surface area contributed by atoms with Crippen LogP contribution in [0.5, 0.6) is 0 Å². The summed E-state index contributed by atoms with van der Waals surface area (Å²) in [4.78, 5) is 24.1. The Hall–Kier alpha value is -2.29. The Kier molecular flexibility index (Phi) is 4.55. The Morgan fingerprint density at radius 2 is 2.05 bits per heavy atom. The first kappa shape index (κ1) is 16.1. The van der Waals surface area contributed by atoms with Gasteiger partial charge in [0.2, 0.25) is 5.91 Å². The molecule has 1 amide bonds. The van der Waals surface area contributed by atoms with Crippen LogP contribution in [-0.2, 0) is 9.59 Å². The molecule has 1 saturated carbocycles. The molecule has 0 aromatic heterocycles. The normalized spacial score (nSPS) is 21.1. The highest BCUT2D eigenvalue weighted by atomic mass is 19.1. The molecule has 2 rings (SSSR count). The van der Waals surface area contributed by atoms with Crippen LogP contribution in [-0.4, -0.2) is 17.7 Å². The van der Waals surface area contributed by atoms with Gasteiger partial charge in [0.25, 0.3) is 0 Å². The van der Waals surface area contributed by atoms with Crippen molar-refractivity contribution in [1.82, 2.24) is 5.32 Å². The summed E-state index contributed by atoms with van der Waals surface area (Å²) in [5.41, 5.74) is 0.251. The second-order valence-corrected chi connectivity index (χ2v) is 5.74. The molecular weight excluding hydrogens is 290 g/mol. The van der Waals surface area contributed by atoms with Crippen LogP contribution in [0.1, 0.15) is 31.7 Å². The Labute approximate surface area is 127 Å². The number of rotatable bonds is 5. The number of nitriles is 1. The zero-order valence-electron chi connectivity index (χ0n) is 12.3.